The highest BCUT2D eigenvalue weighted by Crippen LogP contribution is 2.33. The molecule has 0 aliphatic carbocycles. The number of aromatic amines is 2. The van der Waals surface area contributed by atoms with Crippen molar-refractivity contribution >= 4 is 17.1 Å². The smallest absolute Gasteiger partial charge is 0.335 e. The van der Waals surface area contributed by atoms with Crippen molar-refractivity contribution < 1.29 is 14.6 Å². The molecule has 0 aliphatic rings. The SMILES string of the molecule is CCOc1cc(-c2cccc(C(=O)O)c2)ccc1-c1nc2n[nH]nc2c(=O)[nH]1. The van der Waals surface area contributed by atoms with Gasteiger partial charge in [0.2, 0.25) is 5.65 Å². The molecule has 9 heteroatoms. The Bertz CT molecular complexity index is 1240. The molecule has 9 nitrogen and oxygen atoms in total. The van der Waals surface area contributed by atoms with E-state index in [1.165, 1.54) is 6.07 Å². The molecule has 140 valence electrons. The van der Waals surface area contributed by atoms with Crippen molar-refractivity contribution in [1.29, 1.82) is 0 Å². The lowest BCUT2D eigenvalue weighted by atomic mass is 10.0. The lowest BCUT2D eigenvalue weighted by molar-refractivity contribution is 0.0697. The van der Waals surface area contributed by atoms with Gasteiger partial charge in [0.1, 0.15) is 11.6 Å². The van der Waals surface area contributed by atoms with Gasteiger partial charge < -0.3 is 14.8 Å². The van der Waals surface area contributed by atoms with Gasteiger partial charge in [0.15, 0.2) is 5.52 Å². The van der Waals surface area contributed by atoms with E-state index in [4.69, 9.17) is 4.74 Å². The normalized spacial score (nSPS) is 10.9. The summed E-state index contributed by atoms with van der Waals surface area (Å²) in [4.78, 5) is 30.4. The maximum atomic E-state index is 12.2. The van der Waals surface area contributed by atoms with E-state index in [2.05, 4.69) is 25.4 Å². The molecule has 0 saturated carbocycles. The first-order valence-electron chi connectivity index (χ1n) is 8.48. The number of aromatic nitrogens is 5. The molecule has 2 aromatic heterocycles. The van der Waals surface area contributed by atoms with Gasteiger partial charge >= 0.3 is 5.97 Å². The number of benzene rings is 2. The molecule has 0 saturated heterocycles. The quantitative estimate of drug-likeness (QED) is 0.486. The lowest BCUT2D eigenvalue weighted by Gasteiger charge is -2.12. The second-order valence-corrected chi connectivity index (χ2v) is 5.94. The van der Waals surface area contributed by atoms with Gasteiger partial charge in [-0.1, -0.05) is 18.2 Å². The summed E-state index contributed by atoms with van der Waals surface area (Å²) in [7, 11) is 0. The van der Waals surface area contributed by atoms with Gasteiger partial charge in [-0.2, -0.15) is 5.21 Å². The van der Waals surface area contributed by atoms with Crippen molar-refractivity contribution in [2.75, 3.05) is 6.61 Å². The summed E-state index contributed by atoms with van der Waals surface area (Å²) < 4.78 is 5.74. The summed E-state index contributed by atoms with van der Waals surface area (Å²) in [5.41, 5.74) is 2.22. The number of ether oxygens (including phenoxy) is 1. The van der Waals surface area contributed by atoms with Crippen molar-refractivity contribution in [3.8, 4) is 28.3 Å². The van der Waals surface area contributed by atoms with Crippen LogP contribution >= 0.6 is 0 Å². The van der Waals surface area contributed by atoms with Crippen LogP contribution in [0.1, 0.15) is 17.3 Å². The summed E-state index contributed by atoms with van der Waals surface area (Å²) in [6, 6.07) is 12.0. The third-order valence-electron chi connectivity index (χ3n) is 4.17. The monoisotopic (exact) mass is 377 g/mol. The number of carboxylic acid groups (broad SMARTS) is 1. The number of aromatic carboxylic acids is 1. The van der Waals surface area contributed by atoms with Crippen molar-refractivity contribution in [2.45, 2.75) is 6.92 Å². The zero-order valence-corrected chi connectivity index (χ0v) is 14.8. The van der Waals surface area contributed by atoms with Gasteiger partial charge in [-0.3, -0.25) is 4.79 Å². The fraction of sp³-hybridized carbons (Fsp3) is 0.105. The van der Waals surface area contributed by atoms with Crippen molar-refractivity contribution in [3.05, 3.63) is 58.4 Å². The van der Waals surface area contributed by atoms with E-state index in [1.54, 1.807) is 24.3 Å². The van der Waals surface area contributed by atoms with E-state index >= 15 is 0 Å². The van der Waals surface area contributed by atoms with Crippen LogP contribution < -0.4 is 10.3 Å². The Labute approximate surface area is 158 Å². The number of hydrogen-bond donors (Lipinski definition) is 3. The highest BCUT2D eigenvalue weighted by molar-refractivity contribution is 5.89. The predicted octanol–water partition coefficient (Wildman–Crippen LogP) is 2.47. The summed E-state index contributed by atoms with van der Waals surface area (Å²) in [6.07, 6.45) is 0. The lowest BCUT2D eigenvalue weighted by Crippen LogP contribution is -2.10. The number of rotatable bonds is 5. The summed E-state index contributed by atoms with van der Waals surface area (Å²) >= 11 is 0. The van der Waals surface area contributed by atoms with Crippen LogP contribution in [0.5, 0.6) is 5.75 Å². The summed E-state index contributed by atoms with van der Waals surface area (Å²) in [5.74, 6) is -0.182. The Balaban J connectivity index is 1.84. The molecule has 2 aromatic carbocycles. The molecule has 4 rings (SSSR count). The van der Waals surface area contributed by atoms with Gasteiger partial charge in [-0.05, 0) is 42.3 Å². The van der Waals surface area contributed by atoms with Crippen molar-refractivity contribution in [3.63, 3.8) is 0 Å². The number of hydrogen-bond acceptors (Lipinski definition) is 6. The Morgan fingerprint density at radius 1 is 1.14 bits per heavy atom. The molecular formula is C19H15N5O4. The van der Waals surface area contributed by atoms with Crippen LogP contribution in [0.2, 0.25) is 0 Å². The standard InChI is InChI=1S/C19H15N5O4/c1-2-28-14-9-11(10-4-3-5-12(8-10)19(26)27)6-7-13(14)16-20-17-15(18(25)21-16)22-24-23-17/h3-9H,2H2,1H3,(H,26,27)(H2,20,21,22,23,24,25). The summed E-state index contributed by atoms with van der Waals surface area (Å²) in [6.45, 7) is 2.25. The highest BCUT2D eigenvalue weighted by Gasteiger charge is 2.15. The fourth-order valence-corrected chi connectivity index (χ4v) is 2.89. The largest absolute Gasteiger partial charge is 0.493 e. The van der Waals surface area contributed by atoms with E-state index in [-0.39, 0.29) is 16.7 Å². The first-order valence-corrected chi connectivity index (χ1v) is 8.48. The minimum absolute atomic E-state index is 0.129. The van der Waals surface area contributed by atoms with Gasteiger partial charge in [0, 0.05) is 0 Å². The predicted molar refractivity (Wildman–Crippen MR) is 101 cm³/mol. The topological polar surface area (TPSA) is 134 Å². The third-order valence-corrected chi connectivity index (χ3v) is 4.17. The molecule has 0 atom stereocenters. The van der Waals surface area contributed by atoms with Crippen LogP contribution in [0.3, 0.4) is 0 Å². The number of fused-ring (bicyclic) bond motifs is 1. The van der Waals surface area contributed by atoms with Crippen molar-refractivity contribution in [1.82, 2.24) is 25.4 Å². The van der Waals surface area contributed by atoms with Crippen LogP contribution in [0, 0.1) is 0 Å². The molecule has 0 radical (unpaired) electrons. The molecule has 28 heavy (non-hydrogen) atoms. The van der Waals surface area contributed by atoms with E-state index in [0.29, 0.717) is 23.7 Å². The maximum Gasteiger partial charge on any atom is 0.335 e. The Morgan fingerprint density at radius 3 is 2.75 bits per heavy atom. The maximum absolute atomic E-state index is 12.2. The highest BCUT2D eigenvalue weighted by atomic mass is 16.5. The number of H-pyrrole nitrogens is 2. The number of carboxylic acids is 1. The van der Waals surface area contributed by atoms with Gasteiger partial charge in [-0.25, -0.2) is 9.78 Å². The van der Waals surface area contributed by atoms with Crippen LogP contribution in [0.25, 0.3) is 33.7 Å². The molecule has 0 aliphatic heterocycles. The fourth-order valence-electron chi connectivity index (χ4n) is 2.89. The van der Waals surface area contributed by atoms with Crippen LogP contribution in [-0.2, 0) is 0 Å². The Hall–Kier alpha value is -4.01. The average Bonchev–Trinajstić information content (AvgIpc) is 3.17. The van der Waals surface area contributed by atoms with Crippen LogP contribution in [0.15, 0.2) is 47.3 Å². The molecule has 0 amide bonds. The zero-order chi connectivity index (χ0) is 19.7. The summed E-state index contributed by atoms with van der Waals surface area (Å²) in [5, 5.41) is 19.2. The van der Waals surface area contributed by atoms with E-state index < -0.39 is 11.5 Å². The molecule has 0 bridgehead atoms. The number of nitrogens with one attached hydrogen (secondary N) is 2. The second-order valence-electron chi connectivity index (χ2n) is 5.94. The molecule has 0 spiro atoms. The molecule has 0 unspecified atom stereocenters. The Kier molecular flexibility index (Phi) is 4.32. The molecule has 4 aromatic rings. The number of nitrogens with zero attached hydrogens (tertiary/aromatic N) is 3. The minimum atomic E-state index is -0.994. The van der Waals surface area contributed by atoms with Crippen LogP contribution in [0.4, 0.5) is 0 Å². The first-order chi connectivity index (χ1) is 13.6. The van der Waals surface area contributed by atoms with E-state index in [9.17, 15) is 14.7 Å². The van der Waals surface area contributed by atoms with Gasteiger partial charge in [0.05, 0.1) is 17.7 Å². The van der Waals surface area contributed by atoms with Crippen molar-refractivity contribution in [2.24, 2.45) is 0 Å². The molecule has 3 N–H and O–H groups in total. The van der Waals surface area contributed by atoms with E-state index in [0.717, 1.165) is 11.1 Å². The minimum Gasteiger partial charge on any atom is -0.493 e. The Morgan fingerprint density at radius 2 is 1.96 bits per heavy atom. The molecular weight excluding hydrogens is 362 g/mol. The number of carbonyl (C=O) groups is 1. The second kappa shape index (κ2) is 6.95. The molecule has 2 heterocycles. The molecule has 0 fully saturated rings. The zero-order valence-electron chi connectivity index (χ0n) is 14.8. The van der Waals surface area contributed by atoms with Gasteiger partial charge in [-0.15, -0.1) is 10.2 Å². The third kappa shape index (κ3) is 3.09. The van der Waals surface area contributed by atoms with Crippen LogP contribution in [-0.4, -0.2) is 43.1 Å². The van der Waals surface area contributed by atoms with E-state index in [1.807, 2.05) is 19.1 Å². The average molecular weight is 377 g/mol. The van der Waals surface area contributed by atoms with Gasteiger partial charge in [0.25, 0.3) is 5.56 Å². The first kappa shape index (κ1) is 17.4.